The number of amidine groups is 1. The maximum absolute atomic E-state index is 12.0. The third-order valence-corrected chi connectivity index (χ3v) is 3.83. The Morgan fingerprint density at radius 1 is 1.55 bits per heavy atom. The number of carbonyl (C=O) groups excluding carboxylic acids is 2. The molecule has 2 rings (SSSR count). The van der Waals surface area contributed by atoms with Crippen molar-refractivity contribution in [1.29, 1.82) is 0 Å². The standard InChI is InChI=1S/C12H16N4O3S/c1-4-16-7-13-10(9(16)11(18)19-5-2)14-12-15(3)8(17)6-20-12/h7H,4-6H2,1-3H3/b14-12-. The zero-order valence-corrected chi connectivity index (χ0v) is 12.4. The monoisotopic (exact) mass is 296 g/mol. The van der Waals surface area contributed by atoms with E-state index < -0.39 is 5.97 Å². The Hall–Kier alpha value is -1.83. The minimum absolute atomic E-state index is 0.0126. The summed E-state index contributed by atoms with van der Waals surface area (Å²) in [5.41, 5.74) is 0.315. The van der Waals surface area contributed by atoms with Crippen LogP contribution in [0.2, 0.25) is 0 Å². The number of ether oxygens (including phenoxy) is 1. The molecule has 1 aromatic heterocycles. The molecule has 1 saturated heterocycles. The van der Waals surface area contributed by atoms with Gasteiger partial charge in [-0.3, -0.25) is 9.69 Å². The number of carbonyl (C=O) groups is 2. The summed E-state index contributed by atoms with van der Waals surface area (Å²) in [6.07, 6.45) is 1.55. The fourth-order valence-corrected chi connectivity index (χ4v) is 2.62. The van der Waals surface area contributed by atoms with E-state index >= 15 is 0 Å². The van der Waals surface area contributed by atoms with E-state index in [1.807, 2.05) is 6.92 Å². The summed E-state index contributed by atoms with van der Waals surface area (Å²) in [6.45, 7) is 4.53. The molecule has 0 spiro atoms. The van der Waals surface area contributed by atoms with Gasteiger partial charge in [-0.2, -0.15) is 0 Å². The van der Waals surface area contributed by atoms with Gasteiger partial charge in [-0.15, -0.1) is 0 Å². The van der Waals surface area contributed by atoms with Crippen molar-refractivity contribution >= 4 is 34.6 Å². The van der Waals surface area contributed by atoms with Gasteiger partial charge in [0.05, 0.1) is 18.7 Å². The third kappa shape index (κ3) is 2.69. The minimum atomic E-state index is -0.455. The Morgan fingerprint density at radius 3 is 2.85 bits per heavy atom. The van der Waals surface area contributed by atoms with E-state index in [1.54, 1.807) is 24.9 Å². The lowest BCUT2D eigenvalue weighted by atomic mass is 10.4. The van der Waals surface area contributed by atoms with E-state index in [1.165, 1.54) is 16.7 Å². The van der Waals surface area contributed by atoms with E-state index in [9.17, 15) is 9.59 Å². The van der Waals surface area contributed by atoms with Crippen LogP contribution in [-0.4, -0.2) is 50.9 Å². The number of nitrogens with zero attached hydrogens (tertiary/aromatic N) is 4. The average Bonchev–Trinajstić information content (AvgIpc) is 2.97. The SMILES string of the molecule is CCOC(=O)c1c(/N=C2\SCC(=O)N2C)ncn1CC. The van der Waals surface area contributed by atoms with Crippen molar-refractivity contribution in [2.45, 2.75) is 20.4 Å². The molecule has 1 aromatic rings. The van der Waals surface area contributed by atoms with Crippen molar-refractivity contribution in [1.82, 2.24) is 14.5 Å². The van der Waals surface area contributed by atoms with Crippen LogP contribution in [0.1, 0.15) is 24.3 Å². The third-order valence-electron chi connectivity index (χ3n) is 2.82. The lowest BCUT2D eigenvalue weighted by Crippen LogP contribution is -2.24. The summed E-state index contributed by atoms with van der Waals surface area (Å²) in [7, 11) is 1.65. The predicted octanol–water partition coefficient (Wildman–Crippen LogP) is 1.27. The minimum Gasteiger partial charge on any atom is -0.461 e. The number of aryl methyl sites for hydroxylation is 1. The molecule has 0 radical (unpaired) electrons. The molecule has 0 unspecified atom stereocenters. The largest absolute Gasteiger partial charge is 0.461 e. The van der Waals surface area contributed by atoms with Crippen LogP contribution in [0.4, 0.5) is 5.82 Å². The lowest BCUT2D eigenvalue weighted by Gasteiger charge is -2.08. The summed E-state index contributed by atoms with van der Waals surface area (Å²) in [4.78, 5) is 33.4. The van der Waals surface area contributed by atoms with Crippen LogP contribution in [0.15, 0.2) is 11.3 Å². The molecule has 0 N–H and O–H groups in total. The second-order valence-electron chi connectivity index (χ2n) is 4.06. The molecule has 1 aliphatic heterocycles. The molecule has 0 saturated carbocycles. The van der Waals surface area contributed by atoms with Crippen molar-refractivity contribution in [3.8, 4) is 0 Å². The number of thioether (sulfide) groups is 1. The van der Waals surface area contributed by atoms with Crippen molar-refractivity contribution in [2.75, 3.05) is 19.4 Å². The van der Waals surface area contributed by atoms with Crippen LogP contribution in [0.25, 0.3) is 0 Å². The summed E-state index contributed by atoms with van der Waals surface area (Å²) in [5, 5.41) is 0.543. The van der Waals surface area contributed by atoms with E-state index in [-0.39, 0.29) is 18.3 Å². The van der Waals surface area contributed by atoms with Crippen LogP contribution < -0.4 is 0 Å². The first kappa shape index (κ1) is 14.6. The van der Waals surface area contributed by atoms with Crippen LogP contribution in [0.3, 0.4) is 0 Å². The molecule has 0 bridgehead atoms. The highest BCUT2D eigenvalue weighted by Gasteiger charge is 2.26. The quantitative estimate of drug-likeness (QED) is 0.782. The van der Waals surface area contributed by atoms with Crippen LogP contribution in [0.5, 0.6) is 0 Å². The first-order valence-electron chi connectivity index (χ1n) is 6.28. The van der Waals surface area contributed by atoms with Gasteiger partial charge in [0.25, 0.3) is 0 Å². The van der Waals surface area contributed by atoms with E-state index in [0.717, 1.165) is 0 Å². The fourth-order valence-electron chi connectivity index (χ4n) is 1.73. The Labute approximate surface area is 121 Å². The number of hydrogen-bond acceptors (Lipinski definition) is 6. The number of amides is 1. The Balaban J connectivity index is 2.37. The molecule has 1 amide bonds. The summed E-state index contributed by atoms with van der Waals surface area (Å²) in [6, 6.07) is 0. The van der Waals surface area contributed by atoms with Crippen LogP contribution >= 0.6 is 11.8 Å². The summed E-state index contributed by atoms with van der Waals surface area (Å²) in [5.74, 6) is 0.178. The molecule has 0 atom stereocenters. The highest BCUT2D eigenvalue weighted by Crippen LogP contribution is 2.24. The number of rotatable bonds is 4. The van der Waals surface area contributed by atoms with Crippen LogP contribution in [0, 0.1) is 0 Å². The Kier molecular flexibility index (Phi) is 4.43. The van der Waals surface area contributed by atoms with Gasteiger partial charge in [-0.1, -0.05) is 11.8 Å². The maximum Gasteiger partial charge on any atom is 0.358 e. The van der Waals surface area contributed by atoms with E-state index in [4.69, 9.17) is 4.74 Å². The fraction of sp³-hybridized carbons (Fsp3) is 0.500. The van der Waals surface area contributed by atoms with Gasteiger partial charge in [0.15, 0.2) is 16.7 Å². The Bertz CT molecular complexity index is 567. The van der Waals surface area contributed by atoms with Gasteiger partial charge in [-0.05, 0) is 13.8 Å². The Morgan fingerprint density at radius 2 is 2.30 bits per heavy atom. The summed E-state index contributed by atoms with van der Waals surface area (Å²) >= 11 is 1.33. The van der Waals surface area contributed by atoms with Gasteiger partial charge in [0.2, 0.25) is 5.91 Å². The maximum atomic E-state index is 12.0. The number of aromatic nitrogens is 2. The molecule has 108 valence electrons. The molecular weight excluding hydrogens is 280 g/mol. The van der Waals surface area contributed by atoms with Gasteiger partial charge in [-0.25, -0.2) is 14.8 Å². The topological polar surface area (TPSA) is 76.8 Å². The molecule has 0 aliphatic carbocycles. The van der Waals surface area contributed by atoms with E-state index in [0.29, 0.717) is 23.2 Å². The normalized spacial score (nSPS) is 17.1. The molecule has 8 heteroatoms. The molecular formula is C12H16N4O3S. The first-order valence-corrected chi connectivity index (χ1v) is 7.27. The lowest BCUT2D eigenvalue weighted by molar-refractivity contribution is -0.123. The van der Waals surface area contributed by atoms with Crippen molar-refractivity contribution in [3.05, 3.63) is 12.0 Å². The number of hydrogen-bond donors (Lipinski definition) is 0. The molecule has 20 heavy (non-hydrogen) atoms. The molecule has 1 aliphatic rings. The molecule has 1 fully saturated rings. The molecule has 2 heterocycles. The highest BCUT2D eigenvalue weighted by atomic mass is 32.2. The van der Waals surface area contributed by atoms with Gasteiger partial charge < -0.3 is 9.30 Å². The number of aliphatic imine (C=N–C) groups is 1. The second kappa shape index (κ2) is 6.08. The average molecular weight is 296 g/mol. The highest BCUT2D eigenvalue weighted by molar-refractivity contribution is 8.15. The number of esters is 1. The van der Waals surface area contributed by atoms with Crippen molar-refractivity contribution in [2.24, 2.45) is 4.99 Å². The van der Waals surface area contributed by atoms with Gasteiger partial charge in [0.1, 0.15) is 0 Å². The molecule has 7 nitrogen and oxygen atoms in total. The zero-order valence-electron chi connectivity index (χ0n) is 11.6. The first-order chi connectivity index (χ1) is 9.58. The van der Waals surface area contributed by atoms with E-state index in [2.05, 4.69) is 9.98 Å². The second-order valence-corrected chi connectivity index (χ2v) is 5.00. The molecule has 0 aromatic carbocycles. The van der Waals surface area contributed by atoms with Gasteiger partial charge >= 0.3 is 5.97 Å². The smallest absolute Gasteiger partial charge is 0.358 e. The van der Waals surface area contributed by atoms with Crippen molar-refractivity contribution in [3.63, 3.8) is 0 Å². The zero-order chi connectivity index (χ0) is 14.7. The van der Waals surface area contributed by atoms with Gasteiger partial charge in [0, 0.05) is 13.6 Å². The van der Waals surface area contributed by atoms with Crippen molar-refractivity contribution < 1.29 is 14.3 Å². The predicted molar refractivity (Wildman–Crippen MR) is 76.2 cm³/mol. The van der Waals surface area contributed by atoms with Crippen LogP contribution in [-0.2, 0) is 16.1 Å². The summed E-state index contributed by atoms with van der Waals surface area (Å²) < 4.78 is 6.70. The number of imidazole rings is 1.